The van der Waals surface area contributed by atoms with Gasteiger partial charge in [-0.3, -0.25) is 4.79 Å². The first-order valence-corrected chi connectivity index (χ1v) is 7.88. The Balaban J connectivity index is 0.00000208. The summed E-state index contributed by atoms with van der Waals surface area (Å²) >= 11 is 11.9. The summed E-state index contributed by atoms with van der Waals surface area (Å²) in [7, 11) is 0. The number of H-pyrrole nitrogens is 1. The summed E-state index contributed by atoms with van der Waals surface area (Å²) < 4.78 is 0. The van der Waals surface area contributed by atoms with Crippen molar-refractivity contribution in [2.24, 2.45) is 0 Å². The van der Waals surface area contributed by atoms with Crippen LogP contribution in [0.15, 0.2) is 42.5 Å². The molecule has 0 aliphatic carbocycles. The Bertz CT molecular complexity index is 847. The zero-order chi connectivity index (χ0) is 16.4. The molecule has 0 saturated heterocycles. The number of imidazole rings is 1. The van der Waals surface area contributed by atoms with E-state index in [4.69, 9.17) is 23.2 Å². The number of hydrogen-bond donors (Lipinski definition) is 2. The van der Waals surface area contributed by atoms with Crippen molar-refractivity contribution in [3.63, 3.8) is 0 Å². The minimum Gasteiger partial charge on any atom is -0.481 e. The third-order valence-corrected chi connectivity index (χ3v) is 4.18. The van der Waals surface area contributed by atoms with Gasteiger partial charge in [0.2, 0.25) is 0 Å². The van der Waals surface area contributed by atoms with Crippen LogP contribution in [0.3, 0.4) is 0 Å². The van der Waals surface area contributed by atoms with Gasteiger partial charge in [0.05, 0.1) is 17.5 Å². The van der Waals surface area contributed by atoms with Crippen LogP contribution in [-0.2, 0) is 11.2 Å². The Morgan fingerprint density at radius 1 is 1.12 bits per heavy atom. The van der Waals surface area contributed by atoms with Crippen molar-refractivity contribution >= 4 is 52.6 Å². The first-order valence-electron chi connectivity index (χ1n) is 7.12. The van der Waals surface area contributed by atoms with Crippen LogP contribution < -0.4 is 0 Å². The van der Waals surface area contributed by atoms with E-state index in [1.54, 1.807) is 24.3 Å². The van der Waals surface area contributed by atoms with Gasteiger partial charge in [-0.15, -0.1) is 12.4 Å². The number of nitrogens with zero attached hydrogens (tertiary/aromatic N) is 1. The average molecular weight is 386 g/mol. The van der Waals surface area contributed by atoms with Crippen LogP contribution in [-0.4, -0.2) is 21.0 Å². The Hall–Kier alpha value is -1.75. The second kappa shape index (κ2) is 7.88. The number of nitrogens with one attached hydrogen (secondary N) is 1. The molecule has 4 nitrogen and oxygen atoms in total. The second-order valence-corrected chi connectivity index (χ2v) is 6.27. The number of carboxylic acids is 1. The molecule has 0 spiro atoms. The highest BCUT2D eigenvalue weighted by Crippen LogP contribution is 2.26. The number of halogens is 3. The highest BCUT2D eigenvalue weighted by Gasteiger charge is 2.18. The van der Waals surface area contributed by atoms with Gasteiger partial charge in [0, 0.05) is 22.4 Å². The molecule has 0 fully saturated rings. The number of benzene rings is 2. The molecule has 0 aliphatic rings. The van der Waals surface area contributed by atoms with Crippen LogP contribution in [0.4, 0.5) is 0 Å². The lowest BCUT2D eigenvalue weighted by molar-refractivity contribution is -0.137. The number of carbonyl (C=O) groups is 1. The van der Waals surface area contributed by atoms with E-state index in [-0.39, 0.29) is 24.7 Å². The van der Waals surface area contributed by atoms with Gasteiger partial charge >= 0.3 is 5.97 Å². The molecule has 0 aliphatic heterocycles. The molecule has 7 heteroatoms. The van der Waals surface area contributed by atoms with E-state index >= 15 is 0 Å². The summed E-state index contributed by atoms with van der Waals surface area (Å²) in [6.45, 7) is 0. The Kier molecular flexibility index (Phi) is 6.10. The van der Waals surface area contributed by atoms with E-state index < -0.39 is 5.97 Å². The van der Waals surface area contributed by atoms with Crippen molar-refractivity contribution < 1.29 is 9.90 Å². The fraction of sp³-hybridized carbons (Fsp3) is 0.176. The lowest BCUT2D eigenvalue weighted by Gasteiger charge is -2.14. The maximum atomic E-state index is 11.2. The summed E-state index contributed by atoms with van der Waals surface area (Å²) in [5, 5.41) is 10.4. The van der Waals surface area contributed by atoms with Gasteiger partial charge in [-0.05, 0) is 35.9 Å². The average Bonchev–Trinajstić information content (AvgIpc) is 2.88. The van der Waals surface area contributed by atoms with Crippen LogP contribution in [0.5, 0.6) is 0 Å². The highest BCUT2D eigenvalue weighted by molar-refractivity contribution is 6.31. The van der Waals surface area contributed by atoms with Crippen molar-refractivity contribution in [2.75, 3.05) is 0 Å². The van der Waals surface area contributed by atoms with Crippen LogP contribution in [0.1, 0.15) is 23.7 Å². The molecule has 3 aromatic rings. The fourth-order valence-corrected chi connectivity index (χ4v) is 2.91. The van der Waals surface area contributed by atoms with Gasteiger partial charge in [-0.25, -0.2) is 4.98 Å². The molecular weight excluding hydrogens is 371 g/mol. The first kappa shape index (κ1) is 18.6. The van der Waals surface area contributed by atoms with Crippen molar-refractivity contribution in [1.82, 2.24) is 9.97 Å². The number of aromatic nitrogens is 2. The number of aromatic amines is 1. The molecule has 1 heterocycles. The second-order valence-electron chi connectivity index (χ2n) is 5.40. The number of fused-ring (bicyclic) bond motifs is 1. The largest absolute Gasteiger partial charge is 0.481 e. The predicted octanol–water partition coefficient (Wildman–Crippen LogP) is 5.09. The summed E-state index contributed by atoms with van der Waals surface area (Å²) in [6.07, 6.45) is 0.527. The molecule has 0 amide bonds. The highest BCUT2D eigenvalue weighted by atomic mass is 35.5. The Labute approximate surface area is 155 Å². The Morgan fingerprint density at radius 2 is 1.79 bits per heavy atom. The molecule has 1 unspecified atom stereocenters. The molecule has 24 heavy (non-hydrogen) atoms. The van der Waals surface area contributed by atoms with Gasteiger partial charge in [0.15, 0.2) is 0 Å². The molecule has 1 atom stereocenters. The molecule has 2 N–H and O–H groups in total. The van der Waals surface area contributed by atoms with Crippen molar-refractivity contribution in [3.8, 4) is 0 Å². The molecule has 0 bridgehead atoms. The minimum absolute atomic E-state index is 0. The van der Waals surface area contributed by atoms with Gasteiger partial charge in [0.25, 0.3) is 0 Å². The van der Waals surface area contributed by atoms with Crippen molar-refractivity contribution in [3.05, 3.63) is 63.9 Å². The van der Waals surface area contributed by atoms with E-state index in [2.05, 4.69) is 9.97 Å². The van der Waals surface area contributed by atoms with E-state index in [0.29, 0.717) is 16.5 Å². The van der Waals surface area contributed by atoms with Gasteiger partial charge in [0.1, 0.15) is 5.82 Å². The Morgan fingerprint density at radius 3 is 2.46 bits per heavy atom. The van der Waals surface area contributed by atoms with Crippen LogP contribution in [0.2, 0.25) is 10.0 Å². The van der Waals surface area contributed by atoms with Gasteiger partial charge in [-0.2, -0.15) is 0 Å². The van der Waals surface area contributed by atoms with Gasteiger partial charge < -0.3 is 10.1 Å². The third-order valence-electron chi connectivity index (χ3n) is 3.70. The third kappa shape index (κ3) is 4.41. The predicted molar refractivity (Wildman–Crippen MR) is 98.5 cm³/mol. The van der Waals surface area contributed by atoms with E-state index in [0.717, 1.165) is 22.4 Å². The first-order chi connectivity index (χ1) is 11.0. The summed E-state index contributed by atoms with van der Waals surface area (Å²) in [6, 6.07) is 12.7. The quantitative estimate of drug-likeness (QED) is 0.642. The molecule has 0 radical (unpaired) electrons. The summed E-state index contributed by atoms with van der Waals surface area (Å²) in [5.41, 5.74) is 2.59. The number of hydrogen-bond acceptors (Lipinski definition) is 2. The topological polar surface area (TPSA) is 66.0 Å². The monoisotopic (exact) mass is 384 g/mol. The van der Waals surface area contributed by atoms with Crippen LogP contribution in [0.25, 0.3) is 11.0 Å². The normalized spacial score (nSPS) is 11.9. The molecule has 126 valence electrons. The molecule has 2 aromatic carbocycles. The maximum Gasteiger partial charge on any atom is 0.303 e. The number of rotatable bonds is 5. The van der Waals surface area contributed by atoms with Crippen molar-refractivity contribution in [1.29, 1.82) is 0 Å². The lowest BCUT2D eigenvalue weighted by atomic mass is 9.92. The van der Waals surface area contributed by atoms with E-state index in [1.165, 1.54) is 0 Å². The number of carboxylic acid groups (broad SMARTS) is 1. The van der Waals surface area contributed by atoms with E-state index in [1.807, 2.05) is 18.2 Å². The van der Waals surface area contributed by atoms with Gasteiger partial charge in [-0.1, -0.05) is 35.3 Å². The van der Waals surface area contributed by atoms with E-state index in [9.17, 15) is 9.90 Å². The lowest BCUT2D eigenvalue weighted by Crippen LogP contribution is -2.10. The van der Waals surface area contributed by atoms with Crippen molar-refractivity contribution in [2.45, 2.75) is 18.8 Å². The zero-order valence-corrected chi connectivity index (χ0v) is 14.8. The van der Waals surface area contributed by atoms with Crippen LogP contribution >= 0.6 is 35.6 Å². The SMILES string of the molecule is Cl.O=C(O)CC(Cc1nc2cc(Cl)ccc2[nH]1)c1ccc(Cl)cc1. The summed E-state index contributed by atoms with van der Waals surface area (Å²) in [4.78, 5) is 18.9. The molecule has 1 aromatic heterocycles. The molecule has 3 rings (SSSR count). The maximum absolute atomic E-state index is 11.2. The smallest absolute Gasteiger partial charge is 0.303 e. The van der Waals surface area contributed by atoms with Crippen LogP contribution in [0, 0.1) is 0 Å². The molecule has 0 saturated carbocycles. The molecular formula is C17H15Cl3N2O2. The minimum atomic E-state index is -0.843. The standard InChI is InChI=1S/C17H14Cl2N2O2.ClH/c18-12-3-1-10(2-4-12)11(8-17(22)23)7-16-20-14-6-5-13(19)9-15(14)21-16;/h1-6,9,11H,7-8H2,(H,20,21)(H,22,23);1H. The fourth-order valence-electron chi connectivity index (χ4n) is 2.62. The number of aliphatic carboxylic acids is 1. The zero-order valence-electron chi connectivity index (χ0n) is 12.5. The summed E-state index contributed by atoms with van der Waals surface area (Å²) in [5.74, 6) is -0.284.